The topological polar surface area (TPSA) is 84.9 Å². The molecule has 8 heteroatoms. The highest BCUT2D eigenvalue weighted by Gasteiger charge is 2.30. The minimum absolute atomic E-state index is 0.00560. The van der Waals surface area contributed by atoms with Gasteiger partial charge in [-0.05, 0) is 24.6 Å². The summed E-state index contributed by atoms with van der Waals surface area (Å²) in [7, 11) is -2.33. The maximum absolute atomic E-state index is 12.8. The molecule has 128 valence electrons. The van der Waals surface area contributed by atoms with Gasteiger partial charge in [0.25, 0.3) is 5.91 Å². The lowest BCUT2D eigenvalue weighted by atomic mass is 10.2. The number of amides is 1. The van der Waals surface area contributed by atoms with Gasteiger partial charge in [-0.2, -0.15) is 4.31 Å². The van der Waals surface area contributed by atoms with Gasteiger partial charge in [-0.3, -0.25) is 4.79 Å². The van der Waals surface area contributed by atoms with Crippen molar-refractivity contribution in [2.75, 3.05) is 40.0 Å². The van der Waals surface area contributed by atoms with Crippen molar-refractivity contribution in [2.24, 2.45) is 0 Å². The van der Waals surface area contributed by atoms with Crippen LogP contribution in [0.3, 0.4) is 0 Å². The van der Waals surface area contributed by atoms with Gasteiger partial charge in [-0.1, -0.05) is 6.92 Å². The molecule has 1 aliphatic heterocycles. The van der Waals surface area contributed by atoms with Crippen LogP contribution >= 0.6 is 0 Å². The summed E-state index contributed by atoms with van der Waals surface area (Å²) >= 11 is 0. The zero-order chi connectivity index (χ0) is 16.9. The van der Waals surface area contributed by atoms with Crippen molar-refractivity contribution in [3.05, 3.63) is 23.8 Å². The Morgan fingerprint density at radius 3 is 2.65 bits per heavy atom. The van der Waals surface area contributed by atoms with Crippen molar-refractivity contribution in [3.63, 3.8) is 0 Å². The Morgan fingerprint density at radius 1 is 1.35 bits per heavy atom. The van der Waals surface area contributed by atoms with E-state index >= 15 is 0 Å². The Balaban J connectivity index is 2.36. The van der Waals surface area contributed by atoms with Crippen LogP contribution in [0.5, 0.6) is 5.75 Å². The Hall–Kier alpha value is -1.64. The molecule has 2 rings (SSSR count). The molecule has 0 atom stereocenters. The van der Waals surface area contributed by atoms with Crippen molar-refractivity contribution in [3.8, 4) is 5.75 Å². The van der Waals surface area contributed by atoms with Crippen LogP contribution in [-0.2, 0) is 14.8 Å². The quantitative estimate of drug-likeness (QED) is 0.829. The van der Waals surface area contributed by atoms with E-state index in [4.69, 9.17) is 9.47 Å². The molecule has 1 fully saturated rings. The molecule has 1 aromatic rings. The van der Waals surface area contributed by atoms with Crippen LogP contribution in [0.15, 0.2) is 23.1 Å². The maximum atomic E-state index is 12.8. The van der Waals surface area contributed by atoms with Gasteiger partial charge in [-0.15, -0.1) is 0 Å². The van der Waals surface area contributed by atoms with E-state index in [1.54, 1.807) is 6.07 Å². The van der Waals surface area contributed by atoms with E-state index in [0.29, 0.717) is 25.3 Å². The minimum atomic E-state index is -3.73. The third-order valence-electron chi connectivity index (χ3n) is 3.55. The summed E-state index contributed by atoms with van der Waals surface area (Å²) in [6.45, 7) is 3.78. The summed E-state index contributed by atoms with van der Waals surface area (Å²) < 4.78 is 37.3. The Bertz CT molecular complexity index is 654. The van der Waals surface area contributed by atoms with Crippen LogP contribution in [0, 0.1) is 0 Å². The van der Waals surface area contributed by atoms with Crippen molar-refractivity contribution >= 4 is 15.9 Å². The number of sulfonamides is 1. The number of methoxy groups -OCH3 is 1. The normalized spacial score (nSPS) is 16.1. The highest BCUT2D eigenvalue weighted by Crippen LogP contribution is 2.28. The predicted octanol–water partition coefficient (Wildman–Crippen LogP) is 0.856. The van der Waals surface area contributed by atoms with Crippen LogP contribution in [0.25, 0.3) is 0 Å². The van der Waals surface area contributed by atoms with E-state index in [0.717, 1.165) is 6.42 Å². The molecule has 1 aromatic carbocycles. The summed E-state index contributed by atoms with van der Waals surface area (Å²) in [4.78, 5) is 12.1. The fourth-order valence-electron chi connectivity index (χ4n) is 2.29. The van der Waals surface area contributed by atoms with Crippen LogP contribution in [0.4, 0.5) is 0 Å². The number of nitrogens with zero attached hydrogens (tertiary/aromatic N) is 1. The SMILES string of the molecule is CCCNC(=O)c1ccc(OC)c(S(=O)(=O)N2CCOCC2)c1. The molecule has 1 N–H and O–H groups in total. The molecule has 1 heterocycles. The number of benzene rings is 1. The van der Waals surface area contributed by atoms with Crippen LogP contribution in [-0.4, -0.2) is 58.6 Å². The summed E-state index contributed by atoms with van der Waals surface area (Å²) in [6.07, 6.45) is 0.806. The van der Waals surface area contributed by atoms with Gasteiger partial charge < -0.3 is 14.8 Å². The second kappa shape index (κ2) is 7.76. The lowest BCUT2D eigenvalue weighted by molar-refractivity contribution is 0.0729. The Kier molecular flexibility index (Phi) is 5.97. The number of nitrogens with one attached hydrogen (secondary N) is 1. The molecular weight excluding hydrogens is 320 g/mol. The van der Waals surface area contributed by atoms with E-state index in [1.807, 2.05) is 6.92 Å². The fraction of sp³-hybridized carbons (Fsp3) is 0.533. The lowest BCUT2D eigenvalue weighted by Crippen LogP contribution is -2.40. The maximum Gasteiger partial charge on any atom is 0.251 e. The highest BCUT2D eigenvalue weighted by molar-refractivity contribution is 7.89. The minimum Gasteiger partial charge on any atom is -0.495 e. The molecular formula is C15H22N2O5S. The molecule has 0 saturated carbocycles. The average Bonchev–Trinajstić information content (AvgIpc) is 2.59. The largest absolute Gasteiger partial charge is 0.495 e. The number of carbonyl (C=O) groups is 1. The number of hydrogen-bond donors (Lipinski definition) is 1. The van der Waals surface area contributed by atoms with Crippen molar-refractivity contribution in [2.45, 2.75) is 18.2 Å². The van der Waals surface area contributed by atoms with E-state index in [1.165, 1.54) is 23.5 Å². The van der Waals surface area contributed by atoms with E-state index < -0.39 is 10.0 Å². The van der Waals surface area contributed by atoms with Crippen LogP contribution in [0.2, 0.25) is 0 Å². The van der Waals surface area contributed by atoms with Crippen molar-refractivity contribution in [1.29, 1.82) is 0 Å². The first-order chi connectivity index (χ1) is 11.0. The monoisotopic (exact) mass is 342 g/mol. The second-order valence-corrected chi connectivity index (χ2v) is 7.04. The van der Waals surface area contributed by atoms with Gasteiger partial charge in [0.15, 0.2) is 0 Å². The predicted molar refractivity (Wildman–Crippen MR) is 85.2 cm³/mol. The van der Waals surface area contributed by atoms with E-state index in [2.05, 4.69) is 5.32 Å². The molecule has 0 spiro atoms. The molecule has 23 heavy (non-hydrogen) atoms. The van der Waals surface area contributed by atoms with Crippen molar-refractivity contribution < 1.29 is 22.7 Å². The molecule has 0 unspecified atom stereocenters. The number of morpholine rings is 1. The van der Waals surface area contributed by atoms with Gasteiger partial charge in [0.1, 0.15) is 10.6 Å². The first-order valence-corrected chi connectivity index (χ1v) is 8.99. The van der Waals surface area contributed by atoms with E-state index in [-0.39, 0.29) is 29.6 Å². The van der Waals surface area contributed by atoms with Crippen molar-refractivity contribution in [1.82, 2.24) is 9.62 Å². The van der Waals surface area contributed by atoms with Gasteiger partial charge in [0.05, 0.1) is 20.3 Å². The second-order valence-electron chi connectivity index (χ2n) is 5.14. The Labute approximate surface area is 136 Å². The molecule has 0 aliphatic carbocycles. The van der Waals surface area contributed by atoms with Crippen LogP contribution in [0.1, 0.15) is 23.7 Å². The summed E-state index contributed by atoms with van der Waals surface area (Å²) in [5.74, 6) is -0.0727. The summed E-state index contributed by atoms with van der Waals surface area (Å²) in [5.41, 5.74) is 0.297. The number of carbonyl (C=O) groups excluding carboxylic acids is 1. The summed E-state index contributed by atoms with van der Waals surface area (Å²) in [6, 6.07) is 4.44. The lowest BCUT2D eigenvalue weighted by Gasteiger charge is -2.26. The molecule has 0 radical (unpaired) electrons. The van der Waals surface area contributed by atoms with Crippen LogP contribution < -0.4 is 10.1 Å². The van der Waals surface area contributed by atoms with Gasteiger partial charge in [0.2, 0.25) is 10.0 Å². The van der Waals surface area contributed by atoms with Gasteiger partial charge >= 0.3 is 0 Å². The number of rotatable bonds is 6. The van der Waals surface area contributed by atoms with Gasteiger partial charge in [0, 0.05) is 25.2 Å². The Morgan fingerprint density at radius 2 is 2.04 bits per heavy atom. The molecule has 7 nitrogen and oxygen atoms in total. The molecule has 1 saturated heterocycles. The molecule has 1 aliphatic rings. The third-order valence-corrected chi connectivity index (χ3v) is 5.47. The smallest absolute Gasteiger partial charge is 0.251 e. The molecule has 0 bridgehead atoms. The zero-order valence-corrected chi connectivity index (χ0v) is 14.2. The molecule has 0 aromatic heterocycles. The number of ether oxygens (including phenoxy) is 2. The fourth-order valence-corrected chi connectivity index (χ4v) is 3.88. The van der Waals surface area contributed by atoms with Gasteiger partial charge in [-0.25, -0.2) is 8.42 Å². The highest BCUT2D eigenvalue weighted by atomic mass is 32.2. The zero-order valence-electron chi connectivity index (χ0n) is 13.4. The summed E-state index contributed by atoms with van der Waals surface area (Å²) in [5, 5.41) is 2.74. The first kappa shape index (κ1) is 17.7. The van der Waals surface area contributed by atoms with E-state index in [9.17, 15) is 13.2 Å². The number of hydrogen-bond acceptors (Lipinski definition) is 5. The third kappa shape index (κ3) is 4.01. The first-order valence-electron chi connectivity index (χ1n) is 7.55. The standard InChI is InChI=1S/C15H22N2O5S/c1-3-6-16-15(18)12-4-5-13(21-2)14(11-12)23(19,20)17-7-9-22-10-8-17/h4-5,11H,3,6-10H2,1-2H3,(H,16,18). The average molecular weight is 342 g/mol. The molecule has 1 amide bonds.